The number of aliphatic hydroxyl groups excluding tert-OH is 1. The molecule has 6 heteroatoms. The minimum atomic E-state index is -0.855. The highest BCUT2D eigenvalue weighted by atomic mass is 35.5. The monoisotopic (exact) mass is 307 g/mol. The van der Waals surface area contributed by atoms with Gasteiger partial charge in [-0.05, 0) is 18.1 Å². The summed E-state index contributed by atoms with van der Waals surface area (Å²) in [5, 5.41) is 20.0. The van der Waals surface area contributed by atoms with E-state index in [4.69, 9.17) is 11.6 Å². The Balaban J connectivity index is 1.96. The summed E-state index contributed by atoms with van der Waals surface area (Å²) in [6.45, 7) is 4.10. The number of aromatic nitrogens is 2. The minimum Gasteiger partial charge on any atom is -0.387 e. The number of hydrogen-bond acceptors (Lipinski definition) is 3. The second kappa shape index (κ2) is 6.74. The fourth-order valence-corrected chi connectivity index (χ4v) is 2.15. The molecule has 3 N–H and O–H groups in total. The molecule has 1 atom stereocenters. The summed E-state index contributed by atoms with van der Waals surface area (Å²) in [4.78, 5) is 12.0. The Hall–Kier alpha value is -1.85. The molecule has 0 radical (unpaired) electrons. The molecule has 0 aliphatic heterocycles. The second-order valence-electron chi connectivity index (χ2n) is 5.11. The highest BCUT2D eigenvalue weighted by Crippen LogP contribution is 2.22. The van der Waals surface area contributed by atoms with Gasteiger partial charge in [0.25, 0.3) is 5.91 Å². The average molecular weight is 308 g/mol. The average Bonchev–Trinajstić information content (AvgIpc) is 2.95. The number of hydrogen-bond donors (Lipinski definition) is 3. The maximum absolute atomic E-state index is 12.0. The van der Waals surface area contributed by atoms with Crippen LogP contribution in [-0.2, 0) is 0 Å². The molecule has 1 unspecified atom stereocenters. The van der Waals surface area contributed by atoms with Crippen LogP contribution in [0.5, 0.6) is 0 Å². The molecular formula is C15H18ClN3O2. The molecule has 0 saturated carbocycles. The van der Waals surface area contributed by atoms with Crippen LogP contribution in [0, 0.1) is 0 Å². The van der Waals surface area contributed by atoms with Gasteiger partial charge in [-0.15, -0.1) is 0 Å². The van der Waals surface area contributed by atoms with Gasteiger partial charge < -0.3 is 10.4 Å². The van der Waals surface area contributed by atoms with Crippen molar-refractivity contribution in [3.63, 3.8) is 0 Å². The van der Waals surface area contributed by atoms with E-state index in [1.807, 2.05) is 13.8 Å². The van der Waals surface area contributed by atoms with Crippen molar-refractivity contribution in [3.8, 4) is 0 Å². The summed E-state index contributed by atoms with van der Waals surface area (Å²) in [5.74, 6) is -0.0583. The predicted octanol–water partition coefficient (Wildman–Crippen LogP) is 2.65. The zero-order chi connectivity index (χ0) is 15.4. The van der Waals surface area contributed by atoms with Gasteiger partial charge in [0.2, 0.25) is 0 Å². The Morgan fingerprint density at radius 2 is 2.14 bits per heavy atom. The van der Waals surface area contributed by atoms with Crippen LogP contribution in [0.3, 0.4) is 0 Å². The zero-order valence-electron chi connectivity index (χ0n) is 11.9. The van der Waals surface area contributed by atoms with Crippen molar-refractivity contribution >= 4 is 17.5 Å². The summed E-state index contributed by atoms with van der Waals surface area (Å²) in [5.41, 5.74) is 1.79. The number of halogens is 1. The third-order valence-electron chi connectivity index (χ3n) is 3.17. The van der Waals surface area contributed by atoms with E-state index in [0.29, 0.717) is 16.3 Å². The minimum absolute atomic E-state index is 0.0758. The maximum atomic E-state index is 12.0. The molecule has 2 rings (SSSR count). The van der Waals surface area contributed by atoms with Crippen molar-refractivity contribution in [2.75, 3.05) is 6.54 Å². The van der Waals surface area contributed by atoms with E-state index in [1.54, 1.807) is 30.3 Å². The van der Waals surface area contributed by atoms with Gasteiger partial charge in [0.1, 0.15) is 5.69 Å². The Kier molecular flexibility index (Phi) is 4.98. The lowest BCUT2D eigenvalue weighted by Gasteiger charge is -2.13. The van der Waals surface area contributed by atoms with Crippen LogP contribution in [0.4, 0.5) is 0 Å². The van der Waals surface area contributed by atoms with Gasteiger partial charge >= 0.3 is 0 Å². The molecule has 0 aliphatic rings. The number of nitrogens with zero attached hydrogens (tertiary/aromatic N) is 1. The van der Waals surface area contributed by atoms with Crippen LogP contribution in [0.15, 0.2) is 30.3 Å². The first kappa shape index (κ1) is 15.5. The molecule has 5 nitrogen and oxygen atoms in total. The summed E-state index contributed by atoms with van der Waals surface area (Å²) >= 11 is 6.00. The highest BCUT2D eigenvalue weighted by molar-refractivity contribution is 6.31. The van der Waals surface area contributed by atoms with Crippen molar-refractivity contribution in [1.82, 2.24) is 15.5 Å². The normalized spacial score (nSPS) is 12.4. The van der Waals surface area contributed by atoms with Gasteiger partial charge in [-0.25, -0.2) is 0 Å². The number of carbonyl (C=O) groups excluding carboxylic acids is 1. The van der Waals surface area contributed by atoms with Gasteiger partial charge in [-0.1, -0.05) is 43.6 Å². The van der Waals surface area contributed by atoms with E-state index in [2.05, 4.69) is 15.5 Å². The summed E-state index contributed by atoms with van der Waals surface area (Å²) in [6.07, 6.45) is -0.855. The fourth-order valence-electron chi connectivity index (χ4n) is 1.88. The van der Waals surface area contributed by atoms with Crippen LogP contribution in [0.2, 0.25) is 5.02 Å². The van der Waals surface area contributed by atoms with Gasteiger partial charge in [-0.2, -0.15) is 5.10 Å². The molecular weight excluding hydrogens is 290 g/mol. The third kappa shape index (κ3) is 3.83. The lowest BCUT2D eigenvalue weighted by Crippen LogP contribution is -2.28. The Labute approximate surface area is 128 Å². The molecule has 0 saturated heterocycles. The van der Waals surface area contributed by atoms with Crippen LogP contribution in [0.1, 0.15) is 47.6 Å². The Morgan fingerprint density at radius 3 is 2.76 bits per heavy atom. The molecule has 0 fully saturated rings. The number of H-pyrrole nitrogens is 1. The van der Waals surface area contributed by atoms with Crippen molar-refractivity contribution in [2.24, 2.45) is 0 Å². The molecule has 0 bridgehead atoms. The molecule has 21 heavy (non-hydrogen) atoms. The lowest BCUT2D eigenvalue weighted by atomic mass is 10.1. The molecule has 0 aliphatic carbocycles. The molecule has 2 aromatic rings. The van der Waals surface area contributed by atoms with Gasteiger partial charge in [0, 0.05) is 22.8 Å². The van der Waals surface area contributed by atoms with E-state index in [-0.39, 0.29) is 18.4 Å². The van der Waals surface area contributed by atoms with Crippen molar-refractivity contribution in [2.45, 2.75) is 25.9 Å². The predicted molar refractivity (Wildman–Crippen MR) is 81.4 cm³/mol. The van der Waals surface area contributed by atoms with Crippen molar-refractivity contribution < 1.29 is 9.90 Å². The smallest absolute Gasteiger partial charge is 0.271 e. The summed E-state index contributed by atoms with van der Waals surface area (Å²) in [6, 6.07) is 8.71. The largest absolute Gasteiger partial charge is 0.387 e. The van der Waals surface area contributed by atoms with Crippen molar-refractivity contribution in [1.29, 1.82) is 0 Å². The highest BCUT2D eigenvalue weighted by Gasteiger charge is 2.15. The number of benzene rings is 1. The van der Waals surface area contributed by atoms with Crippen molar-refractivity contribution in [3.05, 3.63) is 52.3 Å². The molecule has 112 valence electrons. The van der Waals surface area contributed by atoms with E-state index in [9.17, 15) is 9.90 Å². The third-order valence-corrected chi connectivity index (χ3v) is 3.52. The van der Waals surface area contributed by atoms with Crippen LogP contribution < -0.4 is 5.32 Å². The number of aromatic amines is 1. The van der Waals surface area contributed by atoms with E-state index < -0.39 is 6.10 Å². The number of carbonyl (C=O) groups is 1. The van der Waals surface area contributed by atoms with E-state index in [1.165, 1.54) is 0 Å². The summed E-state index contributed by atoms with van der Waals surface area (Å²) < 4.78 is 0. The lowest BCUT2D eigenvalue weighted by molar-refractivity contribution is 0.0911. The summed E-state index contributed by atoms with van der Waals surface area (Å²) in [7, 11) is 0. The van der Waals surface area contributed by atoms with E-state index in [0.717, 1.165) is 5.69 Å². The number of aliphatic hydroxyl groups is 1. The number of nitrogens with one attached hydrogen (secondary N) is 2. The molecule has 0 spiro atoms. The number of amides is 1. The van der Waals surface area contributed by atoms with Gasteiger partial charge in [0.15, 0.2) is 0 Å². The quantitative estimate of drug-likeness (QED) is 0.794. The maximum Gasteiger partial charge on any atom is 0.271 e. The molecule has 1 aromatic carbocycles. The first-order valence-electron chi connectivity index (χ1n) is 6.75. The Morgan fingerprint density at radius 1 is 1.43 bits per heavy atom. The van der Waals surface area contributed by atoms with Gasteiger partial charge in [0.05, 0.1) is 6.10 Å². The SMILES string of the molecule is CC(C)c1cc(C(=O)NCC(O)c2ccccc2Cl)n[nH]1. The Bertz CT molecular complexity index is 625. The standard InChI is InChI=1S/C15H18ClN3O2/c1-9(2)12-7-13(19-18-12)15(21)17-8-14(20)10-5-3-4-6-11(10)16/h3-7,9,14,20H,8H2,1-2H3,(H,17,21)(H,18,19). The molecule has 1 amide bonds. The first-order chi connectivity index (χ1) is 9.99. The molecule has 1 heterocycles. The first-order valence-corrected chi connectivity index (χ1v) is 7.13. The van der Waals surface area contributed by atoms with Crippen LogP contribution >= 0.6 is 11.6 Å². The zero-order valence-corrected chi connectivity index (χ0v) is 12.7. The fraction of sp³-hybridized carbons (Fsp3) is 0.333. The van der Waals surface area contributed by atoms with E-state index >= 15 is 0 Å². The topological polar surface area (TPSA) is 78.0 Å². The molecule has 1 aromatic heterocycles. The van der Waals surface area contributed by atoms with Gasteiger partial charge in [-0.3, -0.25) is 9.89 Å². The van der Waals surface area contributed by atoms with Crippen LogP contribution in [0.25, 0.3) is 0 Å². The van der Waals surface area contributed by atoms with Crippen LogP contribution in [-0.4, -0.2) is 27.8 Å². The second-order valence-corrected chi connectivity index (χ2v) is 5.52. The number of rotatable bonds is 5.